The normalized spacial score (nSPS) is 15.8. The van der Waals surface area contributed by atoms with Crippen molar-refractivity contribution in [1.82, 2.24) is 10.2 Å². The van der Waals surface area contributed by atoms with Gasteiger partial charge in [0.05, 0.1) is 20.3 Å². The van der Waals surface area contributed by atoms with Crippen LogP contribution in [0.1, 0.15) is 12.5 Å². The fourth-order valence-corrected chi connectivity index (χ4v) is 3.50. The van der Waals surface area contributed by atoms with E-state index in [1.54, 1.807) is 14.2 Å². The second-order valence-electron chi connectivity index (χ2n) is 6.94. The zero-order valence-electron chi connectivity index (χ0n) is 16.9. The first kappa shape index (κ1) is 20.0. The number of carbonyl (C=O) groups is 1. The summed E-state index contributed by atoms with van der Waals surface area (Å²) in [5.74, 6) is 1.39. The zero-order valence-corrected chi connectivity index (χ0v) is 16.9. The number of piperazine rings is 1. The Morgan fingerprint density at radius 1 is 1.00 bits per heavy atom. The van der Waals surface area contributed by atoms with E-state index in [4.69, 9.17) is 9.47 Å². The summed E-state index contributed by atoms with van der Waals surface area (Å²) in [7, 11) is 3.22. The highest BCUT2D eigenvalue weighted by Crippen LogP contribution is 2.27. The summed E-state index contributed by atoms with van der Waals surface area (Å²) in [6.45, 7) is 6.05. The van der Waals surface area contributed by atoms with Crippen molar-refractivity contribution in [3.05, 3.63) is 54.1 Å². The van der Waals surface area contributed by atoms with Crippen LogP contribution in [0.2, 0.25) is 0 Å². The Kier molecular flexibility index (Phi) is 6.76. The molecule has 0 spiro atoms. The number of nitrogens with one attached hydrogen (secondary N) is 1. The maximum Gasteiger partial charge on any atom is 0.237 e. The van der Waals surface area contributed by atoms with Gasteiger partial charge in [-0.15, -0.1) is 0 Å². The summed E-state index contributed by atoms with van der Waals surface area (Å²) < 4.78 is 10.6. The lowest BCUT2D eigenvalue weighted by Crippen LogP contribution is -2.53. The highest BCUT2D eigenvalue weighted by Gasteiger charge is 2.25. The summed E-state index contributed by atoms with van der Waals surface area (Å²) in [6.07, 6.45) is 0. The third-order valence-electron chi connectivity index (χ3n) is 5.28. The molecule has 0 bridgehead atoms. The Bertz CT molecular complexity index is 774. The van der Waals surface area contributed by atoms with Gasteiger partial charge in [0.1, 0.15) is 0 Å². The fourth-order valence-electron chi connectivity index (χ4n) is 3.50. The van der Waals surface area contributed by atoms with Gasteiger partial charge >= 0.3 is 0 Å². The second kappa shape index (κ2) is 9.46. The van der Waals surface area contributed by atoms with Crippen molar-refractivity contribution in [2.24, 2.45) is 0 Å². The van der Waals surface area contributed by atoms with Crippen molar-refractivity contribution >= 4 is 11.6 Å². The van der Waals surface area contributed by atoms with Gasteiger partial charge in [0.25, 0.3) is 0 Å². The van der Waals surface area contributed by atoms with Gasteiger partial charge in [0.15, 0.2) is 11.5 Å². The molecule has 3 rings (SSSR count). The topological polar surface area (TPSA) is 54.0 Å². The van der Waals surface area contributed by atoms with Crippen LogP contribution >= 0.6 is 0 Å². The van der Waals surface area contributed by atoms with Crippen molar-refractivity contribution < 1.29 is 14.3 Å². The minimum absolute atomic E-state index is 0.0444. The quantitative estimate of drug-likeness (QED) is 0.796. The molecule has 1 fully saturated rings. The van der Waals surface area contributed by atoms with Gasteiger partial charge in [-0.1, -0.05) is 24.3 Å². The molecule has 1 aliphatic rings. The van der Waals surface area contributed by atoms with E-state index in [0.29, 0.717) is 18.0 Å². The number of carbonyl (C=O) groups excluding carboxylic acids is 1. The van der Waals surface area contributed by atoms with E-state index < -0.39 is 0 Å². The molecule has 1 atom stereocenters. The molecule has 0 saturated carbocycles. The molecule has 0 aromatic heterocycles. The van der Waals surface area contributed by atoms with E-state index in [1.807, 2.05) is 31.2 Å². The SMILES string of the molecule is COc1ccc(CNC(=O)[C@@H](C)N2CCN(c3ccccc3)CC2)cc1OC. The van der Waals surface area contributed by atoms with Crippen molar-refractivity contribution in [3.63, 3.8) is 0 Å². The van der Waals surface area contributed by atoms with E-state index in [2.05, 4.69) is 39.4 Å². The predicted octanol–water partition coefficient (Wildman–Crippen LogP) is 2.53. The second-order valence-corrected chi connectivity index (χ2v) is 6.94. The smallest absolute Gasteiger partial charge is 0.237 e. The summed E-state index contributed by atoms with van der Waals surface area (Å²) in [4.78, 5) is 17.2. The fraction of sp³-hybridized carbons (Fsp3) is 0.409. The van der Waals surface area contributed by atoms with Gasteiger partial charge < -0.3 is 19.7 Å². The van der Waals surface area contributed by atoms with E-state index >= 15 is 0 Å². The number of hydrogen-bond acceptors (Lipinski definition) is 5. The van der Waals surface area contributed by atoms with Gasteiger partial charge in [0.2, 0.25) is 5.91 Å². The molecular formula is C22H29N3O3. The molecule has 6 heteroatoms. The monoisotopic (exact) mass is 383 g/mol. The maximum atomic E-state index is 12.6. The summed E-state index contributed by atoms with van der Waals surface area (Å²) in [5.41, 5.74) is 2.22. The number of anilines is 1. The number of rotatable bonds is 7. The lowest BCUT2D eigenvalue weighted by molar-refractivity contribution is -0.126. The average molecular weight is 383 g/mol. The minimum atomic E-state index is -0.155. The predicted molar refractivity (Wildman–Crippen MR) is 111 cm³/mol. The highest BCUT2D eigenvalue weighted by molar-refractivity contribution is 5.81. The average Bonchev–Trinajstić information content (AvgIpc) is 2.77. The largest absolute Gasteiger partial charge is 0.493 e. The zero-order chi connectivity index (χ0) is 19.9. The molecule has 0 aliphatic carbocycles. The van der Waals surface area contributed by atoms with E-state index in [-0.39, 0.29) is 11.9 Å². The first-order chi connectivity index (χ1) is 13.6. The summed E-state index contributed by atoms with van der Waals surface area (Å²) >= 11 is 0. The van der Waals surface area contributed by atoms with Crippen molar-refractivity contribution in [3.8, 4) is 11.5 Å². The van der Waals surface area contributed by atoms with Crippen LogP contribution in [0.15, 0.2) is 48.5 Å². The molecule has 0 unspecified atom stereocenters. The third-order valence-corrected chi connectivity index (χ3v) is 5.28. The minimum Gasteiger partial charge on any atom is -0.493 e. The molecule has 1 saturated heterocycles. The lowest BCUT2D eigenvalue weighted by Gasteiger charge is -2.38. The van der Waals surface area contributed by atoms with Gasteiger partial charge in [-0.05, 0) is 36.8 Å². The standard InChI is InChI=1S/C22H29N3O3/c1-17(24-11-13-25(14-12-24)19-7-5-4-6-8-19)22(26)23-16-18-9-10-20(27-2)21(15-18)28-3/h4-10,15,17H,11-14,16H2,1-3H3,(H,23,26)/t17-/m1/s1. The number of ether oxygens (including phenoxy) is 2. The Morgan fingerprint density at radius 2 is 1.68 bits per heavy atom. The van der Waals surface area contributed by atoms with Crippen LogP contribution in [0.4, 0.5) is 5.69 Å². The van der Waals surface area contributed by atoms with E-state index in [0.717, 1.165) is 31.7 Å². The first-order valence-electron chi connectivity index (χ1n) is 9.65. The molecule has 1 amide bonds. The molecular weight excluding hydrogens is 354 g/mol. The highest BCUT2D eigenvalue weighted by atomic mass is 16.5. The molecule has 150 valence electrons. The lowest BCUT2D eigenvalue weighted by atomic mass is 10.1. The van der Waals surface area contributed by atoms with Crippen LogP contribution < -0.4 is 19.7 Å². The van der Waals surface area contributed by atoms with Crippen LogP contribution in [0.25, 0.3) is 0 Å². The molecule has 2 aromatic rings. The number of methoxy groups -OCH3 is 2. The molecule has 28 heavy (non-hydrogen) atoms. The van der Waals surface area contributed by atoms with Gasteiger partial charge in [-0.2, -0.15) is 0 Å². The number of benzene rings is 2. The van der Waals surface area contributed by atoms with Crippen LogP contribution in [0, 0.1) is 0 Å². The van der Waals surface area contributed by atoms with Crippen molar-refractivity contribution in [1.29, 1.82) is 0 Å². The van der Waals surface area contributed by atoms with Crippen LogP contribution in [-0.2, 0) is 11.3 Å². The molecule has 2 aromatic carbocycles. The summed E-state index contributed by atoms with van der Waals surface area (Å²) in [6, 6.07) is 15.9. The number of para-hydroxylation sites is 1. The molecule has 0 radical (unpaired) electrons. The number of nitrogens with zero attached hydrogens (tertiary/aromatic N) is 2. The van der Waals surface area contributed by atoms with Gasteiger partial charge in [0, 0.05) is 38.4 Å². The van der Waals surface area contributed by atoms with Crippen LogP contribution in [-0.4, -0.2) is 57.2 Å². The Hall–Kier alpha value is -2.73. The third kappa shape index (κ3) is 4.75. The van der Waals surface area contributed by atoms with E-state index in [9.17, 15) is 4.79 Å². The summed E-state index contributed by atoms with van der Waals surface area (Å²) in [5, 5.41) is 3.04. The van der Waals surface area contributed by atoms with Crippen molar-refractivity contribution in [2.75, 3.05) is 45.3 Å². The molecule has 1 N–H and O–H groups in total. The van der Waals surface area contributed by atoms with Crippen LogP contribution in [0.3, 0.4) is 0 Å². The van der Waals surface area contributed by atoms with Crippen LogP contribution in [0.5, 0.6) is 11.5 Å². The Balaban J connectivity index is 1.50. The number of hydrogen-bond donors (Lipinski definition) is 1. The maximum absolute atomic E-state index is 12.6. The van der Waals surface area contributed by atoms with Gasteiger partial charge in [-0.25, -0.2) is 0 Å². The molecule has 1 heterocycles. The number of amides is 1. The first-order valence-corrected chi connectivity index (χ1v) is 9.65. The Morgan fingerprint density at radius 3 is 2.32 bits per heavy atom. The molecule has 1 aliphatic heterocycles. The molecule has 6 nitrogen and oxygen atoms in total. The van der Waals surface area contributed by atoms with Gasteiger partial charge in [-0.3, -0.25) is 9.69 Å². The van der Waals surface area contributed by atoms with Crippen molar-refractivity contribution in [2.45, 2.75) is 19.5 Å². The van der Waals surface area contributed by atoms with E-state index in [1.165, 1.54) is 5.69 Å². The Labute approximate surface area is 167 Å².